The monoisotopic (exact) mass is 230 g/mol. The molecule has 1 N–H and O–H groups in total. The summed E-state index contributed by atoms with van der Waals surface area (Å²) in [6.45, 7) is 1.95. The first kappa shape index (κ1) is 11.3. The molecule has 0 aliphatic carbocycles. The summed E-state index contributed by atoms with van der Waals surface area (Å²) in [5.41, 5.74) is 2.83. The van der Waals surface area contributed by atoms with Gasteiger partial charge in [-0.05, 0) is 24.6 Å². The van der Waals surface area contributed by atoms with Crippen molar-refractivity contribution in [2.75, 3.05) is 14.2 Å². The number of methoxy groups -OCH3 is 2. The number of nitrogens with one attached hydrogen (secondary N) is 1. The van der Waals surface area contributed by atoms with Crippen molar-refractivity contribution in [3.63, 3.8) is 0 Å². The SMILES string of the molecule is COc1ccc(OC)c2c(CC#N)c(C)[nH]c12. The van der Waals surface area contributed by atoms with Crippen molar-refractivity contribution in [3.05, 3.63) is 23.4 Å². The minimum atomic E-state index is 0.357. The van der Waals surface area contributed by atoms with Gasteiger partial charge in [0.2, 0.25) is 0 Å². The van der Waals surface area contributed by atoms with E-state index in [1.807, 2.05) is 19.1 Å². The number of fused-ring (bicyclic) bond motifs is 1. The third kappa shape index (κ3) is 1.70. The molecular formula is C13H14N2O2. The molecule has 0 amide bonds. The van der Waals surface area contributed by atoms with Gasteiger partial charge in [0, 0.05) is 11.1 Å². The Morgan fingerprint density at radius 1 is 1.24 bits per heavy atom. The lowest BCUT2D eigenvalue weighted by Crippen LogP contribution is -1.90. The van der Waals surface area contributed by atoms with Crippen LogP contribution in [-0.2, 0) is 6.42 Å². The summed E-state index contributed by atoms with van der Waals surface area (Å²) >= 11 is 0. The third-order valence-electron chi connectivity index (χ3n) is 2.89. The summed E-state index contributed by atoms with van der Waals surface area (Å²) in [7, 11) is 3.25. The molecule has 0 radical (unpaired) electrons. The number of hydrogen-bond donors (Lipinski definition) is 1. The maximum Gasteiger partial charge on any atom is 0.143 e. The number of nitrogens with zero attached hydrogens (tertiary/aromatic N) is 1. The van der Waals surface area contributed by atoms with Gasteiger partial charge in [-0.25, -0.2) is 0 Å². The quantitative estimate of drug-likeness (QED) is 0.881. The minimum absolute atomic E-state index is 0.357. The third-order valence-corrected chi connectivity index (χ3v) is 2.89. The fourth-order valence-corrected chi connectivity index (χ4v) is 2.08. The second-order valence-corrected chi connectivity index (χ2v) is 3.78. The average molecular weight is 230 g/mol. The van der Waals surface area contributed by atoms with Gasteiger partial charge in [0.05, 0.1) is 32.2 Å². The van der Waals surface area contributed by atoms with Gasteiger partial charge in [0.1, 0.15) is 11.5 Å². The summed E-state index contributed by atoms with van der Waals surface area (Å²) in [6.07, 6.45) is 0.357. The Labute approximate surface area is 99.8 Å². The smallest absolute Gasteiger partial charge is 0.143 e. The zero-order valence-electron chi connectivity index (χ0n) is 10.1. The Bertz CT molecular complexity index is 593. The molecule has 2 rings (SSSR count). The number of hydrogen-bond acceptors (Lipinski definition) is 3. The number of rotatable bonds is 3. The molecule has 0 bridgehead atoms. The van der Waals surface area contributed by atoms with E-state index in [0.717, 1.165) is 33.7 Å². The fraction of sp³-hybridized carbons (Fsp3) is 0.308. The topological polar surface area (TPSA) is 58.0 Å². The molecule has 88 valence electrons. The number of aromatic amines is 1. The maximum absolute atomic E-state index is 8.88. The molecule has 0 spiro atoms. The first-order valence-corrected chi connectivity index (χ1v) is 5.32. The Balaban J connectivity index is 2.82. The van der Waals surface area contributed by atoms with Crippen molar-refractivity contribution in [2.45, 2.75) is 13.3 Å². The van der Waals surface area contributed by atoms with Crippen LogP contribution in [0.25, 0.3) is 10.9 Å². The molecule has 0 atom stereocenters. The molecular weight excluding hydrogens is 216 g/mol. The van der Waals surface area contributed by atoms with Crippen molar-refractivity contribution in [1.29, 1.82) is 5.26 Å². The van der Waals surface area contributed by atoms with Crippen LogP contribution in [0.5, 0.6) is 11.5 Å². The van der Waals surface area contributed by atoms with E-state index in [0.29, 0.717) is 6.42 Å². The molecule has 0 aliphatic heterocycles. The molecule has 0 fully saturated rings. The van der Waals surface area contributed by atoms with Crippen LogP contribution in [0.4, 0.5) is 0 Å². The van der Waals surface area contributed by atoms with Gasteiger partial charge in [-0.2, -0.15) is 5.26 Å². The molecule has 1 aromatic heterocycles. The van der Waals surface area contributed by atoms with E-state index < -0.39 is 0 Å². The lowest BCUT2D eigenvalue weighted by molar-refractivity contribution is 0.410. The van der Waals surface area contributed by atoms with Gasteiger partial charge in [-0.1, -0.05) is 0 Å². The highest BCUT2D eigenvalue weighted by molar-refractivity contribution is 5.95. The molecule has 0 saturated carbocycles. The number of benzene rings is 1. The second-order valence-electron chi connectivity index (χ2n) is 3.78. The first-order chi connectivity index (χ1) is 8.22. The summed E-state index contributed by atoms with van der Waals surface area (Å²) in [4.78, 5) is 3.25. The fourth-order valence-electron chi connectivity index (χ4n) is 2.08. The molecule has 4 nitrogen and oxygen atoms in total. The molecule has 4 heteroatoms. The van der Waals surface area contributed by atoms with E-state index in [9.17, 15) is 0 Å². The molecule has 17 heavy (non-hydrogen) atoms. The number of nitriles is 1. The van der Waals surface area contributed by atoms with Crippen molar-refractivity contribution >= 4 is 10.9 Å². The summed E-state index contributed by atoms with van der Waals surface area (Å²) in [5, 5.41) is 9.81. The Kier molecular flexibility index (Phi) is 2.92. The highest BCUT2D eigenvalue weighted by atomic mass is 16.5. The molecule has 1 aromatic carbocycles. The van der Waals surface area contributed by atoms with Crippen molar-refractivity contribution in [3.8, 4) is 17.6 Å². The molecule has 1 heterocycles. The van der Waals surface area contributed by atoms with Gasteiger partial charge >= 0.3 is 0 Å². The minimum Gasteiger partial charge on any atom is -0.496 e. The standard InChI is InChI=1S/C13H14N2O2/c1-8-9(6-7-14)12-10(16-2)4-5-11(17-3)13(12)15-8/h4-5,15H,6H2,1-3H3. The van der Waals surface area contributed by atoms with Crippen LogP contribution in [0.3, 0.4) is 0 Å². The van der Waals surface area contributed by atoms with Crippen molar-refractivity contribution < 1.29 is 9.47 Å². The number of aryl methyl sites for hydroxylation is 1. The molecule has 0 unspecified atom stereocenters. The average Bonchev–Trinajstić information content (AvgIpc) is 2.66. The van der Waals surface area contributed by atoms with E-state index in [1.54, 1.807) is 14.2 Å². The number of H-pyrrole nitrogens is 1. The van der Waals surface area contributed by atoms with E-state index in [-0.39, 0.29) is 0 Å². The predicted octanol–water partition coefficient (Wildman–Crippen LogP) is 2.56. The Morgan fingerprint density at radius 2 is 1.88 bits per heavy atom. The Hall–Kier alpha value is -2.15. The number of aromatic nitrogens is 1. The zero-order valence-corrected chi connectivity index (χ0v) is 10.1. The van der Waals surface area contributed by atoms with Gasteiger partial charge < -0.3 is 14.5 Å². The second kappa shape index (κ2) is 4.38. The highest BCUT2D eigenvalue weighted by Crippen LogP contribution is 2.36. The van der Waals surface area contributed by atoms with Gasteiger partial charge in [0.15, 0.2) is 0 Å². The van der Waals surface area contributed by atoms with Gasteiger partial charge in [0.25, 0.3) is 0 Å². The van der Waals surface area contributed by atoms with Gasteiger partial charge in [-0.3, -0.25) is 0 Å². The van der Waals surface area contributed by atoms with Crippen LogP contribution in [-0.4, -0.2) is 19.2 Å². The lowest BCUT2D eigenvalue weighted by Gasteiger charge is -2.06. The van der Waals surface area contributed by atoms with E-state index in [4.69, 9.17) is 14.7 Å². The van der Waals surface area contributed by atoms with Crippen LogP contribution in [0.1, 0.15) is 11.3 Å². The summed E-state index contributed by atoms with van der Waals surface area (Å²) in [5.74, 6) is 1.52. The maximum atomic E-state index is 8.88. The van der Waals surface area contributed by atoms with Crippen LogP contribution in [0.2, 0.25) is 0 Å². The predicted molar refractivity (Wildman–Crippen MR) is 65.5 cm³/mol. The van der Waals surface area contributed by atoms with Crippen LogP contribution < -0.4 is 9.47 Å². The van der Waals surface area contributed by atoms with Crippen LogP contribution >= 0.6 is 0 Å². The Morgan fingerprint density at radius 3 is 2.47 bits per heavy atom. The molecule has 0 aliphatic rings. The van der Waals surface area contributed by atoms with E-state index >= 15 is 0 Å². The van der Waals surface area contributed by atoms with Crippen molar-refractivity contribution in [2.24, 2.45) is 0 Å². The normalized spacial score (nSPS) is 10.2. The number of ether oxygens (including phenoxy) is 2. The zero-order chi connectivity index (χ0) is 12.4. The largest absolute Gasteiger partial charge is 0.496 e. The summed E-state index contributed by atoms with van der Waals surface area (Å²) < 4.78 is 10.6. The molecule has 0 saturated heterocycles. The highest BCUT2D eigenvalue weighted by Gasteiger charge is 2.16. The summed E-state index contributed by atoms with van der Waals surface area (Å²) in [6, 6.07) is 5.89. The van der Waals surface area contributed by atoms with E-state index in [2.05, 4.69) is 11.1 Å². The molecule has 2 aromatic rings. The van der Waals surface area contributed by atoms with E-state index in [1.165, 1.54) is 0 Å². The van der Waals surface area contributed by atoms with Gasteiger partial charge in [-0.15, -0.1) is 0 Å². The van der Waals surface area contributed by atoms with Crippen LogP contribution in [0, 0.1) is 18.3 Å². The van der Waals surface area contributed by atoms with Crippen molar-refractivity contribution in [1.82, 2.24) is 4.98 Å². The first-order valence-electron chi connectivity index (χ1n) is 5.32. The lowest BCUT2D eigenvalue weighted by atomic mass is 10.1. The van der Waals surface area contributed by atoms with Crippen LogP contribution in [0.15, 0.2) is 12.1 Å².